The second-order valence-corrected chi connectivity index (χ2v) is 9.27. The van der Waals surface area contributed by atoms with Crippen LogP contribution in [0.5, 0.6) is 0 Å². The Labute approximate surface area is 157 Å². The van der Waals surface area contributed by atoms with Crippen LogP contribution in [0, 0.1) is 17.3 Å². The fraction of sp³-hybridized carbons (Fsp3) is 0.579. The first-order valence-electron chi connectivity index (χ1n) is 8.77. The highest BCUT2D eigenvalue weighted by molar-refractivity contribution is 6.30. The van der Waals surface area contributed by atoms with Crippen LogP contribution in [0.1, 0.15) is 38.5 Å². The standard InChI is InChI=1S/C19H21Cl2NO3/c20-14-2-1-3-15(5-14)22-16(23)10-25-17(24)18-6-12-4-13(7-18)9-19(21,8-12)11-18/h1-3,5,12-13H,4,6-11H2,(H,22,23)/t12-,13+,18?,19?. The number of carbonyl (C=O) groups is 2. The molecule has 0 aromatic heterocycles. The van der Waals surface area contributed by atoms with Crippen molar-refractivity contribution in [2.24, 2.45) is 17.3 Å². The molecular formula is C19H21Cl2NO3. The van der Waals surface area contributed by atoms with Crippen LogP contribution in [0.4, 0.5) is 5.69 Å². The van der Waals surface area contributed by atoms with Crippen molar-refractivity contribution in [1.29, 1.82) is 0 Å². The minimum absolute atomic E-state index is 0.244. The van der Waals surface area contributed by atoms with E-state index in [9.17, 15) is 9.59 Å². The molecule has 0 saturated heterocycles. The molecule has 2 unspecified atom stereocenters. The highest BCUT2D eigenvalue weighted by Gasteiger charge is 2.60. The van der Waals surface area contributed by atoms with Gasteiger partial charge in [0.25, 0.3) is 5.91 Å². The molecule has 1 aromatic carbocycles. The number of anilines is 1. The molecule has 1 aromatic rings. The van der Waals surface area contributed by atoms with Crippen LogP contribution >= 0.6 is 23.2 Å². The van der Waals surface area contributed by atoms with E-state index in [0.717, 1.165) is 25.7 Å². The zero-order chi connectivity index (χ0) is 17.7. The normalized spacial score (nSPS) is 35.4. The van der Waals surface area contributed by atoms with E-state index < -0.39 is 5.41 Å². The van der Waals surface area contributed by atoms with Gasteiger partial charge in [0, 0.05) is 15.6 Å². The predicted octanol–water partition coefficient (Wildman–Crippen LogP) is 4.40. The number of alkyl halides is 1. The number of esters is 1. The molecule has 1 N–H and O–H groups in total. The van der Waals surface area contributed by atoms with Gasteiger partial charge in [-0.3, -0.25) is 9.59 Å². The fourth-order valence-corrected chi connectivity index (χ4v) is 6.32. The van der Waals surface area contributed by atoms with E-state index in [1.165, 1.54) is 6.42 Å². The number of carbonyl (C=O) groups excluding carboxylic acids is 2. The average molecular weight is 382 g/mol. The summed E-state index contributed by atoms with van der Waals surface area (Å²) in [5.74, 6) is 0.423. The van der Waals surface area contributed by atoms with Gasteiger partial charge in [0.15, 0.2) is 6.61 Å². The molecule has 4 saturated carbocycles. The van der Waals surface area contributed by atoms with Gasteiger partial charge in [-0.25, -0.2) is 0 Å². The molecule has 0 radical (unpaired) electrons. The summed E-state index contributed by atoms with van der Waals surface area (Å²) < 4.78 is 5.39. The van der Waals surface area contributed by atoms with E-state index in [-0.39, 0.29) is 23.4 Å². The van der Waals surface area contributed by atoms with E-state index in [1.807, 2.05) is 0 Å². The molecule has 4 fully saturated rings. The van der Waals surface area contributed by atoms with Gasteiger partial charge in [-0.1, -0.05) is 17.7 Å². The highest BCUT2D eigenvalue weighted by Crippen LogP contribution is 2.64. The number of amides is 1. The summed E-state index contributed by atoms with van der Waals surface area (Å²) in [6.07, 6.45) is 5.59. The monoisotopic (exact) mass is 381 g/mol. The topological polar surface area (TPSA) is 55.4 Å². The summed E-state index contributed by atoms with van der Waals surface area (Å²) in [7, 11) is 0. The molecule has 0 aliphatic heterocycles. The van der Waals surface area contributed by atoms with E-state index in [2.05, 4.69) is 5.32 Å². The zero-order valence-electron chi connectivity index (χ0n) is 13.9. The van der Waals surface area contributed by atoms with Crippen LogP contribution in [-0.4, -0.2) is 23.4 Å². The zero-order valence-corrected chi connectivity index (χ0v) is 15.4. The summed E-state index contributed by atoms with van der Waals surface area (Å²) in [6.45, 7) is -0.280. The number of hydrogen-bond acceptors (Lipinski definition) is 3. The summed E-state index contributed by atoms with van der Waals surface area (Å²) in [6, 6.07) is 6.87. The van der Waals surface area contributed by atoms with Crippen LogP contribution in [0.2, 0.25) is 5.02 Å². The second kappa shape index (κ2) is 6.17. The Hall–Kier alpha value is -1.26. The van der Waals surface area contributed by atoms with Gasteiger partial charge in [0.2, 0.25) is 0 Å². The maximum absolute atomic E-state index is 12.8. The Kier molecular flexibility index (Phi) is 4.24. The number of benzene rings is 1. The van der Waals surface area contributed by atoms with Gasteiger partial charge >= 0.3 is 5.97 Å². The summed E-state index contributed by atoms with van der Waals surface area (Å²) >= 11 is 12.6. The summed E-state index contributed by atoms with van der Waals surface area (Å²) in [4.78, 5) is 24.6. The predicted molar refractivity (Wildman–Crippen MR) is 96.7 cm³/mol. The van der Waals surface area contributed by atoms with Gasteiger partial charge in [-0.2, -0.15) is 0 Å². The molecule has 1 amide bonds. The Bertz CT molecular complexity index is 706. The van der Waals surface area contributed by atoms with Crippen LogP contribution in [0.3, 0.4) is 0 Å². The summed E-state index contributed by atoms with van der Waals surface area (Å²) in [5, 5.41) is 3.23. The van der Waals surface area contributed by atoms with Crippen molar-refractivity contribution < 1.29 is 14.3 Å². The molecule has 134 valence electrons. The van der Waals surface area contributed by atoms with E-state index >= 15 is 0 Å². The molecule has 4 nitrogen and oxygen atoms in total. The lowest BCUT2D eigenvalue weighted by Crippen LogP contribution is -2.56. The fourth-order valence-electron chi connectivity index (χ4n) is 5.44. The SMILES string of the molecule is O=C(COC(=O)C12C[C@@H]3C[C@@H](CC(Cl)(C3)C1)C2)Nc1cccc(Cl)c1. The third-order valence-electron chi connectivity index (χ3n) is 5.87. The van der Waals surface area contributed by atoms with Crippen molar-refractivity contribution in [3.63, 3.8) is 0 Å². The highest BCUT2D eigenvalue weighted by atomic mass is 35.5. The van der Waals surface area contributed by atoms with E-state index in [1.54, 1.807) is 24.3 Å². The molecule has 6 heteroatoms. The lowest BCUT2D eigenvalue weighted by Gasteiger charge is -2.58. The first-order valence-corrected chi connectivity index (χ1v) is 9.53. The number of halogens is 2. The summed E-state index contributed by atoms with van der Waals surface area (Å²) in [5.41, 5.74) is 0.102. The van der Waals surface area contributed by atoms with Crippen molar-refractivity contribution in [1.82, 2.24) is 0 Å². The van der Waals surface area contributed by atoms with E-state index in [0.29, 0.717) is 29.0 Å². The first-order chi connectivity index (χ1) is 11.9. The number of hydrogen-bond donors (Lipinski definition) is 1. The minimum atomic E-state index is -0.484. The van der Waals surface area contributed by atoms with Gasteiger partial charge in [0.05, 0.1) is 5.41 Å². The van der Waals surface area contributed by atoms with Gasteiger partial charge in [-0.15, -0.1) is 11.6 Å². The number of rotatable bonds is 4. The maximum Gasteiger partial charge on any atom is 0.312 e. The van der Waals surface area contributed by atoms with Crippen molar-refractivity contribution in [3.05, 3.63) is 29.3 Å². The lowest BCUT2D eigenvalue weighted by atomic mass is 9.49. The van der Waals surface area contributed by atoms with Crippen LogP contribution < -0.4 is 5.32 Å². The molecule has 25 heavy (non-hydrogen) atoms. The first kappa shape index (κ1) is 17.2. The van der Waals surface area contributed by atoms with Crippen molar-refractivity contribution in [2.75, 3.05) is 11.9 Å². The Morgan fingerprint density at radius 3 is 2.56 bits per heavy atom. The molecule has 4 bridgehead atoms. The molecule has 0 spiro atoms. The molecule has 0 heterocycles. The molecule has 5 rings (SSSR count). The van der Waals surface area contributed by atoms with Crippen molar-refractivity contribution in [2.45, 2.75) is 43.4 Å². The van der Waals surface area contributed by atoms with Crippen molar-refractivity contribution >= 4 is 40.8 Å². The third-order valence-corrected chi connectivity index (χ3v) is 6.54. The van der Waals surface area contributed by atoms with Crippen LogP contribution in [0.15, 0.2) is 24.3 Å². The van der Waals surface area contributed by atoms with Crippen molar-refractivity contribution in [3.8, 4) is 0 Å². The molecule has 4 atom stereocenters. The Morgan fingerprint density at radius 2 is 1.92 bits per heavy atom. The number of nitrogens with one attached hydrogen (secondary N) is 1. The third kappa shape index (κ3) is 3.39. The smallest absolute Gasteiger partial charge is 0.312 e. The largest absolute Gasteiger partial charge is 0.455 e. The van der Waals surface area contributed by atoms with Crippen LogP contribution in [-0.2, 0) is 14.3 Å². The average Bonchev–Trinajstić information content (AvgIpc) is 2.50. The molecular weight excluding hydrogens is 361 g/mol. The quantitative estimate of drug-likeness (QED) is 0.620. The van der Waals surface area contributed by atoms with Gasteiger partial charge in [0.1, 0.15) is 0 Å². The van der Waals surface area contributed by atoms with E-state index in [4.69, 9.17) is 27.9 Å². The maximum atomic E-state index is 12.8. The minimum Gasteiger partial charge on any atom is -0.455 e. The lowest BCUT2D eigenvalue weighted by molar-refractivity contribution is -0.171. The van der Waals surface area contributed by atoms with Gasteiger partial charge < -0.3 is 10.1 Å². The van der Waals surface area contributed by atoms with Gasteiger partial charge in [-0.05, 0) is 68.6 Å². The molecule has 4 aliphatic carbocycles. The second-order valence-electron chi connectivity index (χ2n) is 8.03. The Morgan fingerprint density at radius 1 is 1.20 bits per heavy atom. The molecule has 4 aliphatic rings. The van der Waals surface area contributed by atoms with Crippen LogP contribution in [0.25, 0.3) is 0 Å². The number of ether oxygens (including phenoxy) is 1. The Balaban J connectivity index is 1.37.